The molecule has 5 nitrogen and oxygen atoms in total. The molecule has 0 amide bonds. The number of carboxylic acid groups (broad SMARTS) is 1. The molecule has 0 aromatic heterocycles. The van der Waals surface area contributed by atoms with E-state index in [1.807, 2.05) is 0 Å². The molecule has 0 radical (unpaired) electrons. The van der Waals surface area contributed by atoms with Gasteiger partial charge in [-0.15, -0.1) is 0 Å². The van der Waals surface area contributed by atoms with E-state index in [0.29, 0.717) is 30.9 Å². The molecule has 0 aliphatic carbocycles. The maximum atomic E-state index is 11.8. The van der Waals surface area contributed by atoms with Crippen molar-refractivity contribution < 1.29 is 34.2 Å². The standard InChI is InChI=1S/C14H28N2O3S2.Zn/c15-11(5-3-6-12(16)14(18)19)13(17)7-2-1-4-10(21)8-9-20;/h10-12,20-21H,1-9,15-16H2,(H,18,19);/t10?,11?,12-;/m0./s1. The molecule has 0 aliphatic rings. The normalized spacial score (nSPS) is 14.7. The summed E-state index contributed by atoms with van der Waals surface area (Å²) in [5.74, 6) is -0.141. The second-order valence-electron chi connectivity index (χ2n) is 5.36. The summed E-state index contributed by atoms with van der Waals surface area (Å²) < 4.78 is 0. The van der Waals surface area contributed by atoms with E-state index in [4.69, 9.17) is 16.6 Å². The predicted molar refractivity (Wildman–Crippen MR) is 92.2 cm³/mol. The van der Waals surface area contributed by atoms with Crippen LogP contribution in [0.4, 0.5) is 0 Å². The third-order valence-electron chi connectivity index (χ3n) is 3.43. The maximum absolute atomic E-state index is 11.8. The molecule has 8 heteroatoms. The Morgan fingerprint density at radius 1 is 0.955 bits per heavy atom. The summed E-state index contributed by atoms with van der Waals surface area (Å²) in [4.78, 5) is 22.4. The van der Waals surface area contributed by atoms with E-state index in [-0.39, 0.29) is 25.3 Å². The minimum absolute atomic E-state index is 0. The summed E-state index contributed by atoms with van der Waals surface area (Å²) in [5, 5.41) is 9.00. The van der Waals surface area contributed by atoms with Crippen LogP contribution >= 0.6 is 25.3 Å². The van der Waals surface area contributed by atoms with Crippen molar-refractivity contribution in [2.24, 2.45) is 11.5 Å². The Morgan fingerprint density at radius 3 is 2.09 bits per heavy atom. The van der Waals surface area contributed by atoms with E-state index in [1.165, 1.54) is 0 Å². The Kier molecular flexibility index (Phi) is 16.7. The van der Waals surface area contributed by atoms with E-state index >= 15 is 0 Å². The summed E-state index contributed by atoms with van der Waals surface area (Å²) >= 11 is 8.60. The molecule has 0 aliphatic heterocycles. The van der Waals surface area contributed by atoms with Crippen LogP contribution in [0.2, 0.25) is 0 Å². The minimum Gasteiger partial charge on any atom is -0.480 e. The topological polar surface area (TPSA) is 106 Å². The number of carbonyl (C=O) groups is 2. The molecule has 126 valence electrons. The van der Waals surface area contributed by atoms with E-state index in [1.54, 1.807) is 0 Å². The van der Waals surface area contributed by atoms with E-state index in [9.17, 15) is 9.59 Å². The van der Waals surface area contributed by atoms with Crippen molar-refractivity contribution in [1.29, 1.82) is 0 Å². The number of ketones is 1. The zero-order valence-electron chi connectivity index (χ0n) is 13.1. The molecule has 0 fully saturated rings. The number of rotatable bonds is 13. The van der Waals surface area contributed by atoms with Crippen molar-refractivity contribution >= 4 is 37.0 Å². The molecular weight excluding hydrogens is 374 g/mol. The summed E-state index contributed by atoms with van der Waals surface area (Å²) in [6.07, 6.45) is 5.63. The molecule has 0 rings (SSSR count). The molecule has 5 N–H and O–H groups in total. The zero-order chi connectivity index (χ0) is 16.3. The maximum Gasteiger partial charge on any atom is 0.320 e. The van der Waals surface area contributed by atoms with Crippen molar-refractivity contribution in [3.05, 3.63) is 0 Å². The number of carboxylic acids is 1. The van der Waals surface area contributed by atoms with Gasteiger partial charge >= 0.3 is 5.97 Å². The van der Waals surface area contributed by atoms with Gasteiger partial charge in [0.25, 0.3) is 0 Å². The molecule has 3 atom stereocenters. The predicted octanol–water partition coefficient (Wildman–Crippen LogP) is 1.64. The van der Waals surface area contributed by atoms with E-state index in [2.05, 4.69) is 25.3 Å². The Bertz CT molecular complexity index is 322. The molecule has 0 aromatic rings. The number of Topliss-reactive ketones (excluding diaryl/α,β-unsaturated/α-hetero) is 1. The molecule has 0 heterocycles. The number of hydrogen-bond acceptors (Lipinski definition) is 6. The number of nitrogens with two attached hydrogens (primary N) is 2. The first kappa shape index (κ1) is 24.6. The Hall–Kier alpha value is 0.383. The first-order valence-corrected chi connectivity index (χ1v) is 8.59. The van der Waals surface area contributed by atoms with Crippen molar-refractivity contribution in [3.63, 3.8) is 0 Å². The summed E-state index contributed by atoms with van der Waals surface area (Å²) in [6, 6.07) is -1.37. The number of carbonyl (C=O) groups excluding carboxylic acids is 1. The van der Waals surface area contributed by atoms with Crippen LogP contribution in [0.3, 0.4) is 0 Å². The monoisotopic (exact) mass is 400 g/mol. The second kappa shape index (κ2) is 14.9. The van der Waals surface area contributed by atoms with Crippen LogP contribution < -0.4 is 11.5 Å². The van der Waals surface area contributed by atoms with E-state index in [0.717, 1.165) is 31.4 Å². The van der Waals surface area contributed by atoms with Crippen LogP contribution in [0, 0.1) is 0 Å². The summed E-state index contributed by atoms with van der Waals surface area (Å²) in [6.45, 7) is 0. The number of unbranched alkanes of at least 4 members (excludes halogenated alkanes) is 1. The molecule has 22 heavy (non-hydrogen) atoms. The van der Waals surface area contributed by atoms with Gasteiger partial charge in [-0.2, -0.15) is 25.3 Å². The Morgan fingerprint density at radius 2 is 1.55 bits per heavy atom. The summed E-state index contributed by atoms with van der Waals surface area (Å²) in [7, 11) is 0. The van der Waals surface area contributed by atoms with Crippen molar-refractivity contribution in [3.8, 4) is 0 Å². The fourth-order valence-electron chi connectivity index (χ4n) is 2.00. The van der Waals surface area contributed by atoms with Gasteiger partial charge in [-0.25, -0.2) is 0 Å². The van der Waals surface area contributed by atoms with Gasteiger partial charge in [-0.1, -0.05) is 6.42 Å². The van der Waals surface area contributed by atoms with Gasteiger partial charge in [-0.3, -0.25) is 9.59 Å². The summed E-state index contributed by atoms with van der Waals surface area (Å²) in [5.41, 5.74) is 11.2. The Labute approximate surface area is 156 Å². The molecule has 0 saturated heterocycles. The van der Waals surface area contributed by atoms with Gasteiger partial charge in [0.1, 0.15) is 11.8 Å². The van der Waals surface area contributed by atoms with Crippen LogP contribution in [0.25, 0.3) is 0 Å². The smallest absolute Gasteiger partial charge is 0.320 e. The largest absolute Gasteiger partial charge is 0.480 e. The molecule has 0 spiro atoms. The van der Waals surface area contributed by atoms with Gasteiger partial charge in [0.2, 0.25) is 0 Å². The molecule has 2 unspecified atom stereocenters. The average molecular weight is 402 g/mol. The molecule has 0 bridgehead atoms. The number of aliphatic carboxylic acids is 1. The van der Waals surface area contributed by atoms with Crippen molar-refractivity contribution in [2.75, 3.05) is 5.75 Å². The second-order valence-corrected chi connectivity index (χ2v) is 6.54. The number of hydrogen-bond donors (Lipinski definition) is 5. The SMILES string of the molecule is NC(CCC[C@H](N)C(=O)O)C(=O)CCCCC(S)CCS.[Zn]. The van der Waals surface area contributed by atoms with Gasteiger partial charge in [0.05, 0.1) is 6.04 Å². The van der Waals surface area contributed by atoms with Crippen LogP contribution in [-0.2, 0) is 29.1 Å². The van der Waals surface area contributed by atoms with Crippen LogP contribution in [0.5, 0.6) is 0 Å². The van der Waals surface area contributed by atoms with E-state index < -0.39 is 18.1 Å². The molecule has 0 aromatic carbocycles. The van der Waals surface area contributed by atoms with Crippen molar-refractivity contribution in [2.45, 2.75) is 68.7 Å². The Balaban J connectivity index is 0. The van der Waals surface area contributed by atoms with Crippen LogP contribution in [-0.4, -0.2) is 39.9 Å². The molecule has 0 saturated carbocycles. The molecular formula is C14H28N2O3S2Zn. The third kappa shape index (κ3) is 12.9. The quantitative estimate of drug-likeness (QED) is 0.183. The van der Waals surface area contributed by atoms with Gasteiger partial charge < -0.3 is 16.6 Å². The van der Waals surface area contributed by atoms with Crippen molar-refractivity contribution in [1.82, 2.24) is 0 Å². The minimum atomic E-state index is -1.02. The zero-order valence-corrected chi connectivity index (χ0v) is 17.9. The van der Waals surface area contributed by atoms with Gasteiger partial charge in [0.15, 0.2) is 0 Å². The number of thiol groups is 2. The van der Waals surface area contributed by atoms with Crippen LogP contribution in [0.1, 0.15) is 51.4 Å². The van der Waals surface area contributed by atoms with Gasteiger partial charge in [0, 0.05) is 31.1 Å². The van der Waals surface area contributed by atoms with Crippen LogP contribution in [0.15, 0.2) is 0 Å². The third-order valence-corrected chi connectivity index (χ3v) is 4.21. The fraction of sp³-hybridized carbons (Fsp3) is 0.857. The first-order valence-electron chi connectivity index (χ1n) is 7.44. The fourth-order valence-corrected chi connectivity index (χ4v) is 2.83. The first-order chi connectivity index (χ1) is 9.88. The van der Waals surface area contributed by atoms with Gasteiger partial charge in [-0.05, 0) is 44.3 Å². The average Bonchev–Trinajstić information content (AvgIpc) is 2.43.